The maximum atomic E-state index is 12.6. The SMILES string of the molecule is CC(C)S(=O)(=O)N1CCC(c2c[nH]c3c(C(N)=O)cc(-c4csc(CN5CC[C@H](O)C5)c4)cc23)CC1. The molecule has 8 nitrogen and oxygen atoms in total. The lowest BCUT2D eigenvalue weighted by molar-refractivity contribution is 0.100. The molecule has 0 spiro atoms. The van der Waals surface area contributed by atoms with Crippen molar-refractivity contribution in [2.75, 3.05) is 26.2 Å². The third kappa shape index (κ3) is 4.84. The third-order valence-corrected chi connectivity index (χ3v) is 10.7. The van der Waals surface area contributed by atoms with Crippen LogP contribution in [0.4, 0.5) is 0 Å². The fourth-order valence-electron chi connectivity index (χ4n) is 5.46. The van der Waals surface area contributed by atoms with E-state index in [9.17, 15) is 18.3 Å². The second-order valence-corrected chi connectivity index (χ2v) is 13.8. The Kier molecular flexibility index (Phi) is 6.99. The largest absolute Gasteiger partial charge is 0.392 e. The average molecular weight is 531 g/mol. The minimum absolute atomic E-state index is 0.202. The number of benzene rings is 1. The van der Waals surface area contributed by atoms with Crippen LogP contribution in [0.3, 0.4) is 0 Å². The second-order valence-electron chi connectivity index (χ2n) is 10.3. The van der Waals surface area contributed by atoms with Crippen molar-refractivity contribution in [2.24, 2.45) is 5.73 Å². The van der Waals surface area contributed by atoms with E-state index in [1.165, 1.54) is 4.88 Å². The first kappa shape index (κ1) is 25.4. The highest BCUT2D eigenvalue weighted by Gasteiger charge is 2.32. The second kappa shape index (κ2) is 9.90. The van der Waals surface area contributed by atoms with Crippen molar-refractivity contribution >= 4 is 38.2 Å². The molecular weight excluding hydrogens is 496 g/mol. The lowest BCUT2D eigenvalue weighted by Gasteiger charge is -2.32. The van der Waals surface area contributed by atoms with Crippen molar-refractivity contribution in [1.82, 2.24) is 14.2 Å². The predicted octanol–water partition coefficient (Wildman–Crippen LogP) is 3.48. The number of H-pyrrole nitrogens is 1. The van der Waals surface area contributed by atoms with Crippen LogP contribution in [0.25, 0.3) is 22.0 Å². The van der Waals surface area contributed by atoms with Crippen LogP contribution in [0, 0.1) is 0 Å². The van der Waals surface area contributed by atoms with Gasteiger partial charge in [0.25, 0.3) is 5.91 Å². The van der Waals surface area contributed by atoms with Gasteiger partial charge in [-0.1, -0.05) is 0 Å². The number of aromatic nitrogens is 1. The summed E-state index contributed by atoms with van der Waals surface area (Å²) >= 11 is 1.68. The number of aliphatic hydroxyl groups excluding tert-OH is 1. The van der Waals surface area contributed by atoms with Crippen LogP contribution in [0.1, 0.15) is 59.8 Å². The first-order chi connectivity index (χ1) is 17.1. The number of sulfonamides is 1. The van der Waals surface area contributed by atoms with E-state index in [2.05, 4.69) is 27.4 Å². The quantitative estimate of drug-likeness (QED) is 0.432. The number of rotatable bonds is 7. The summed E-state index contributed by atoms with van der Waals surface area (Å²) in [7, 11) is -3.26. The highest BCUT2D eigenvalue weighted by atomic mass is 32.2. The van der Waals surface area contributed by atoms with Gasteiger partial charge in [-0.05, 0) is 79.3 Å². The molecule has 2 aromatic heterocycles. The molecule has 2 saturated heterocycles. The monoisotopic (exact) mass is 530 g/mol. The fraction of sp³-hybridized carbons (Fsp3) is 0.500. The van der Waals surface area contributed by atoms with Gasteiger partial charge >= 0.3 is 0 Å². The van der Waals surface area contributed by atoms with Crippen LogP contribution >= 0.6 is 11.3 Å². The molecule has 2 fully saturated rings. The Morgan fingerprint density at radius 1 is 1.17 bits per heavy atom. The summed E-state index contributed by atoms with van der Waals surface area (Å²) < 4.78 is 26.8. The number of β-amino-alcohol motifs (C(OH)–C–C–N with tert-alkyl or cyclic N) is 1. The molecule has 5 rings (SSSR count). The first-order valence-electron chi connectivity index (χ1n) is 12.6. The molecule has 0 saturated carbocycles. The molecule has 2 aliphatic heterocycles. The number of piperidine rings is 1. The van der Waals surface area contributed by atoms with Crippen LogP contribution in [0.2, 0.25) is 0 Å². The van der Waals surface area contributed by atoms with Gasteiger partial charge < -0.3 is 15.8 Å². The van der Waals surface area contributed by atoms with Gasteiger partial charge in [-0.2, -0.15) is 0 Å². The number of nitrogens with one attached hydrogen (secondary N) is 1. The third-order valence-electron chi connectivity index (χ3n) is 7.55. The number of carbonyl (C=O) groups is 1. The maximum absolute atomic E-state index is 12.6. The summed E-state index contributed by atoms with van der Waals surface area (Å²) in [4.78, 5) is 19.1. The molecule has 4 heterocycles. The van der Waals surface area contributed by atoms with Crippen LogP contribution in [0.5, 0.6) is 0 Å². The van der Waals surface area contributed by atoms with Gasteiger partial charge in [0, 0.05) is 49.2 Å². The van der Waals surface area contributed by atoms with Gasteiger partial charge in [0.15, 0.2) is 0 Å². The average Bonchev–Trinajstić information content (AvgIpc) is 3.58. The Morgan fingerprint density at radius 3 is 2.56 bits per heavy atom. The summed E-state index contributed by atoms with van der Waals surface area (Å²) in [5.74, 6) is -0.275. The van der Waals surface area contributed by atoms with Gasteiger partial charge in [-0.3, -0.25) is 9.69 Å². The van der Waals surface area contributed by atoms with Crippen LogP contribution in [-0.4, -0.2) is 71.2 Å². The van der Waals surface area contributed by atoms with E-state index in [4.69, 9.17) is 5.73 Å². The number of aromatic amines is 1. The van der Waals surface area contributed by atoms with E-state index in [0.717, 1.165) is 59.9 Å². The van der Waals surface area contributed by atoms with Gasteiger partial charge in [-0.25, -0.2) is 12.7 Å². The Balaban J connectivity index is 1.43. The summed E-state index contributed by atoms with van der Waals surface area (Å²) in [6, 6.07) is 6.13. The van der Waals surface area contributed by atoms with Gasteiger partial charge in [-0.15, -0.1) is 11.3 Å². The van der Waals surface area contributed by atoms with Crippen LogP contribution < -0.4 is 5.73 Å². The molecule has 3 aromatic rings. The summed E-state index contributed by atoms with van der Waals surface area (Å²) in [6.07, 6.45) is 4.00. The molecule has 1 aromatic carbocycles. The van der Waals surface area contributed by atoms with Crippen molar-refractivity contribution in [3.63, 3.8) is 0 Å². The van der Waals surface area contributed by atoms with Crippen LogP contribution in [-0.2, 0) is 16.6 Å². The maximum Gasteiger partial charge on any atom is 0.250 e. The molecule has 4 N–H and O–H groups in total. The molecule has 194 valence electrons. The summed E-state index contributed by atoms with van der Waals surface area (Å²) in [6.45, 7) is 6.85. The van der Waals surface area contributed by atoms with Crippen LogP contribution in [0.15, 0.2) is 29.8 Å². The van der Waals surface area contributed by atoms with E-state index in [-0.39, 0.29) is 12.0 Å². The number of primary amides is 1. The Morgan fingerprint density at radius 2 is 1.92 bits per heavy atom. The molecule has 0 aliphatic carbocycles. The Bertz CT molecular complexity index is 1370. The Hall–Kier alpha value is -2.24. The number of fused-ring (bicyclic) bond motifs is 1. The number of hydrogen-bond donors (Lipinski definition) is 3. The summed E-state index contributed by atoms with van der Waals surface area (Å²) in [5, 5.41) is 12.5. The highest BCUT2D eigenvalue weighted by Crippen LogP contribution is 2.38. The Labute approximate surface area is 216 Å². The van der Waals surface area contributed by atoms with Gasteiger partial charge in [0.1, 0.15) is 0 Å². The topological polar surface area (TPSA) is 120 Å². The van der Waals surface area contributed by atoms with Crippen molar-refractivity contribution < 1.29 is 18.3 Å². The molecule has 2 aliphatic rings. The number of aliphatic hydroxyl groups is 1. The lowest BCUT2D eigenvalue weighted by Crippen LogP contribution is -2.41. The van der Waals surface area contributed by atoms with Crippen molar-refractivity contribution in [1.29, 1.82) is 0 Å². The number of carbonyl (C=O) groups excluding carboxylic acids is 1. The number of likely N-dealkylation sites (tertiary alicyclic amines) is 1. The molecule has 10 heteroatoms. The van der Waals surface area contributed by atoms with E-state index < -0.39 is 21.2 Å². The zero-order chi connectivity index (χ0) is 25.6. The molecule has 1 atom stereocenters. The minimum atomic E-state index is -3.26. The fourth-order valence-corrected chi connectivity index (χ4v) is 7.71. The molecule has 0 bridgehead atoms. The molecular formula is C26H34N4O4S2. The standard InChI is InChI=1S/C26H34N4O4S2/c1-16(2)36(33,34)30-7-3-17(4-8-30)24-12-28-25-22(24)10-18(11-23(25)26(27)32)19-9-21(35-15-19)14-29-6-5-20(31)13-29/h9-12,15-17,20,28,31H,3-8,13-14H2,1-2H3,(H2,27,32)/t20-/m0/s1. The molecule has 0 radical (unpaired) electrons. The highest BCUT2D eigenvalue weighted by molar-refractivity contribution is 7.89. The van der Waals surface area contributed by atoms with Crippen molar-refractivity contribution in [3.8, 4) is 11.1 Å². The summed E-state index contributed by atoms with van der Waals surface area (Å²) in [5.41, 5.74) is 10.1. The normalized spacial score (nSPS) is 20.6. The molecule has 1 amide bonds. The first-order valence-corrected chi connectivity index (χ1v) is 14.9. The van der Waals surface area contributed by atoms with E-state index in [1.807, 2.05) is 12.3 Å². The van der Waals surface area contributed by atoms with E-state index in [0.29, 0.717) is 25.2 Å². The number of amides is 1. The lowest BCUT2D eigenvalue weighted by atomic mass is 9.88. The number of hydrogen-bond acceptors (Lipinski definition) is 6. The number of nitrogens with two attached hydrogens (primary N) is 1. The van der Waals surface area contributed by atoms with E-state index in [1.54, 1.807) is 29.5 Å². The van der Waals surface area contributed by atoms with Gasteiger partial charge in [0.05, 0.1) is 22.4 Å². The van der Waals surface area contributed by atoms with E-state index >= 15 is 0 Å². The molecule has 36 heavy (non-hydrogen) atoms. The minimum Gasteiger partial charge on any atom is -0.392 e. The number of nitrogens with zero attached hydrogens (tertiary/aromatic N) is 2. The zero-order valence-electron chi connectivity index (χ0n) is 20.7. The molecule has 0 unspecified atom stereocenters. The van der Waals surface area contributed by atoms with Crippen molar-refractivity contribution in [3.05, 3.63) is 45.8 Å². The zero-order valence-corrected chi connectivity index (χ0v) is 22.4. The number of thiophene rings is 1. The van der Waals surface area contributed by atoms with Gasteiger partial charge in [0.2, 0.25) is 10.0 Å². The van der Waals surface area contributed by atoms with Crippen molar-refractivity contribution in [2.45, 2.75) is 56.9 Å². The predicted molar refractivity (Wildman–Crippen MR) is 144 cm³/mol. The smallest absolute Gasteiger partial charge is 0.250 e.